The van der Waals surface area contributed by atoms with Crippen molar-refractivity contribution in [3.8, 4) is 5.75 Å². The maximum absolute atomic E-state index is 12.9. The lowest BCUT2D eigenvalue weighted by molar-refractivity contribution is -0.130. The van der Waals surface area contributed by atoms with Gasteiger partial charge in [-0.1, -0.05) is 29.3 Å². The van der Waals surface area contributed by atoms with Crippen LogP contribution < -0.4 is 15.0 Å². The molecule has 1 fully saturated rings. The van der Waals surface area contributed by atoms with Crippen molar-refractivity contribution in [1.29, 1.82) is 0 Å². The van der Waals surface area contributed by atoms with Crippen molar-refractivity contribution < 1.29 is 14.3 Å². The number of ether oxygens (including phenoxy) is 1. The van der Waals surface area contributed by atoms with Gasteiger partial charge in [0.25, 0.3) is 5.91 Å². The molecule has 0 unspecified atom stereocenters. The number of nitrogens with one attached hydrogen (secondary N) is 1. The average molecular weight is 402 g/mol. The van der Waals surface area contributed by atoms with E-state index in [0.29, 0.717) is 22.1 Å². The first kappa shape index (κ1) is 19.0. The van der Waals surface area contributed by atoms with Crippen LogP contribution in [0.2, 0.25) is 5.02 Å². The highest BCUT2D eigenvalue weighted by atomic mass is 35.5. The number of benzene rings is 2. The van der Waals surface area contributed by atoms with Crippen LogP contribution in [-0.2, 0) is 9.59 Å². The SMILES string of the molecule is COc1ccc(Cl)cc1N=C[C@@H]1C(=O)NC(=S)N(c2ccc(C)cc2)C1=O. The molecule has 2 aromatic carbocycles. The molecule has 1 aliphatic rings. The minimum Gasteiger partial charge on any atom is -0.494 e. The first-order valence-corrected chi connectivity index (χ1v) is 8.82. The van der Waals surface area contributed by atoms with Gasteiger partial charge in [-0.3, -0.25) is 19.5 Å². The highest BCUT2D eigenvalue weighted by molar-refractivity contribution is 7.80. The van der Waals surface area contributed by atoms with E-state index in [1.165, 1.54) is 18.2 Å². The summed E-state index contributed by atoms with van der Waals surface area (Å²) in [7, 11) is 1.50. The Hall–Kier alpha value is -2.77. The molecule has 1 aliphatic heterocycles. The van der Waals surface area contributed by atoms with Crippen LogP contribution in [0.25, 0.3) is 0 Å². The lowest BCUT2D eigenvalue weighted by atomic mass is 10.1. The second kappa shape index (κ2) is 7.85. The van der Waals surface area contributed by atoms with Crippen molar-refractivity contribution in [2.24, 2.45) is 10.9 Å². The second-order valence-electron chi connectivity index (χ2n) is 5.88. The number of nitrogens with zero attached hydrogens (tertiary/aromatic N) is 2. The van der Waals surface area contributed by atoms with Crippen molar-refractivity contribution >= 4 is 58.3 Å². The zero-order valence-electron chi connectivity index (χ0n) is 14.6. The molecule has 0 radical (unpaired) electrons. The van der Waals surface area contributed by atoms with Crippen LogP contribution in [0.4, 0.5) is 11.4 Å². The van der Waals surface area contributed by atoms with Crippen LogP contribution in [0.15, 0.2) is 47.5 Å². The number of methoxy groups -OCH3 is 1. The Bertz CT molecular complexity index is 944. The topological polar surface area (TPSA) is 71.0 Å². The molecule has 2 aromatic rings. The summed E-state index contributed by atoms with van der Waals surface area (Å²) in [4.78, 5) is 30.7. The van der Waals surface area contributed by atoms with E-state index in [-0.39, 0.29) is 5.11 Å². The molecule has 27 heavy (non-hydrogen) atoms. The Kier molecular flexibility index (Phi) is 5.53. The lowest BCUT2D eigenvalue weighted by Crippen LogP contribution is -2.58. The van der Waals surface area contributed by atoms with Crippen molar-refractivity contribution in [1.82, 2.24) is 5.32 Å². The summed E-state index contributed by atoms with van der Waals surface area (Å²) in [5.41, 5.74) is 2.04. The number of hydrogen-bond acceptors (Lipinski definition) is 5. The molecular formula is C19H16ClN3O3S. The number of carbonyl (C=O) groups excluding carboxylic acids is 2. The molecule has 2 amide bonds. The third-order valence-electron chi connectivity index (χ3n) is 4.00. The maximum atomic E-state index is 12.9. The van der Waals surface area contributed by atoms with Gasteiger partial charge in [-0.25, -0.2) is 0 Å². The molecule has 8 heteroatoms. The summed E-state index contributed by atoms with van der Waals surface area (Å²) in [6.07, 6.45) is 1.27. The fraction of sp³-hybridized carbons (Fsp3) is 0.158. The Balaban J connectivity index is 1.92. The van der Waals surface area contributed by atoms with E-state index in [2.05, 4.69) is 10.3 Å². The van der Waals surface area contributed by atoms with Gasteiger partial charge < -0.3 is 10.1 Å². The Morgan fingerprint density at radius 3 is 2.59 bits per heavy atom. The number of thiocarbonyl (C=S) groups is 1. The van der Waals surface area contributed by atoms with Crippen molar-refractivity contribution in [3.63, 3.8) is 0 Å². The minimum absolute atomic E-state index is 0.0406. The van der Waals surface area contributed by atoms with E-state index in [4.69, 9.17) is 28.6 Å². The third-order valence-corrected chi connectivity index (χ3v) is 4.52. The third kappa shape index (κ3) is 3.99. The zero-order valence-corrected chi connectivity index (χ0v) is 16.2. The first-order chi connectivity index (χ1) is 12.9. The van der Waals surface area contributed by atoms with Gasteiger partial charge in [-0.2, -0.15) is 0 Å². The molecule has 1 saturated heterocycles. The summed E-state index contributed by atoms with van der Waals surface area (Å²) < 4.78 is 5.22. The number of carbonyl (C=O) groups is 2. The summed E-state index contributed by atoms with van der Waals surface area (Å²) in [5.74, 6) is -1.65. The predicted octanol–water partition coefficient (Wildman–Crippen LogP) is 3.42. The standard InChI is InChI=1S/C19H16ClN3O3S/c1-11-3-6-13(7-4-11)23-18(25)14(17(24)22-19(23)27)10-21-15-9-12(20)5-8-16(15)26-2/h3-10,14H,1-2H3,(H,22,24,27)/t14-/m1/s1. The van der Waals surface area contributed by atoms with Crippen LogP contribution in [0.3, 0.4) is 0 Å². The van der Waals surface area contributed by atoms with Crippen molar-refractivity contribution in [2.45, 2.75) is 6.92 Å². The molecule has 1 N–H and O–H groups in total. The summed E-state index contributed by atoms with van der Waals surface area (Å²) in [5, 5.41) is 3.05. The first-order valence-electron chi connectivity index (χ1n) is 8.04. The number of halogens is 1. The fourth-order valence-electron chi connectivity index (χ4n) is 2.58. The summed E-state index contributed by atoms with van der Waals surface area (Å²) in [6.45, 7) is 1.94. The van der Waals surface area contributed by atoms with Crippen LogP contribution in [0.1, 0.15) is 5.56 Å². The van der Waals surface area contributed by atoms with Gasteiger partial charge in [0.1, 0.15) is 11.4 Å². The molecule has 1 atom stereocenters. The van der Waals surface area contributed by atoms with E-state index in [0.717, 1.165) is 5.56 Å². The Morgan fingerprint density at radius 1 is 1.22 bits per heavy atom. The highest BCUT2D eigenvalue weighted by Gasteiger charge is 2.38. The van der Waals surface area contributed by atoms with Crippen molar-refractivity contribution in [3.05, 3.63) is 53.1 Å². The quantitative estimate of drug-likeness (QED) is 0.484. The molecule has 0 aromatic heterocycles. The van der Waals surface area contributed by atoms with Crippen LogP contribution >= 0.6 is 23.8 Å². The monoisotopic (exact) mass is 401 g/mol. The Morgan fingerprint density at radius 2 is 1.93 bits per heavy atom. The van der Waals surface area contributed by atoms with Gasteiger partial charge in [-0.05, 0) is 49.5 Å². The van der Waals surface area contributed by atoms with E-state index in [1.807, 2.05) is 19.1 Å². The summed E-state index contributed by atoms with van der Waals surface area (Å²) in [6, 6.07) is 12.2. The van der Waals surface area contributed by atoms with Gasteiger partial charge in [0, 0.05) is 11.2 Å². The van der Waals surface area contributed by atoms with Gasteiger partial charge in [0.15, 0.2) is 11.0 Å². The predicted molar refractivity (Wildman–Crippen MR) is 109 cm³/mol. The van der Waals surface area contributed by atoms with E-state index in [1.54, 1.807) is 30.3 Å². The highest BCUT2D eigenvalue weighted by Crippen LogP contribution is 2.30. The maximum Gasteiger partial charge on any atom is 0.251 e. The number of aryl methyl sites for hydroxylation is 1. The molecule has 6 nitrogen and oxygen atoms in total. The van der Waals surface area contributed by atoms with Gasteiger partial charge in [0.2, 0.25) is 5.91 Å². The number of hydrogen-bond donors (Lipinski definition) is 1. The van der Waals surface area contributed by atoms with Crippen LogP contribution in [-0.4, -0.2) is 30.3 Å². The molecule has 0 saturated carbocycles. The molecular weight excluding hydrogens is 386 g/mol. The van der Waals surface area contributed by atoms with Crippen LogP contribution in [0.5, 0.6) is 5.75 Å². The number of aliphatic imine (C=N–C) groups is 1. The van der Waals surface area contributed by atoms with E-state index >= 15 is 0 Å². The molecule has 1 heterocycles. The van der Waals surface area contributed by atoms with Gasteiger partial charge >= 0.3 is 0 Å². The number of amides is 2. The second-order valence-corrected chi connectivity index (χ2v) is 6.70. The van der Waals surface area contributed by atoms with E-state index < -0.39 is 17.7 Å². The molecule has 138 valence electrons. The molecule has 0 aliphatic carbocycles. The molecule has 0 bridgehead atoms. The largest absolute Gasteiger partial charge is 0.494 e. The zero-order chi connectivity index (χ0) is 19.6. The minimum atomic E-state index is -1.12. The van der Waals surface area contributed by atoms with E-state index in [9.17, 15) is 9.59 Å². The normalized spacial score (nSPS) is 17.4. The summed E-state index contributed by atoms with van der Waals surface area (Å²) >= 11 is 11.2. The Labute approximate surface area is 166 Å². The smallest absolute Gasteiger partial charge is 0.251 e. The number of rotatable bonds is 4. The van der Waals surface area contributed by atoms with Crippen LogP contribution in [0, 0.1) is 12.8 Å². The van der Waals surface area contributed by atoms with Gasteiger partial charge in [0.05, 0.1) is 12.8 Å². The molecule has 3 rings (SSSR count). The van der Waals surface area contributed by atoms with Crippen molar-refractivity contribution in [2.75, 3.05) is 12.0 Å². The molecule has 0 spiro atoms. The lowest BCUT2D eigenvalue weighted by Gasteiger charge is -2.31. The van der Waals surface area contributed by atoms with Gasteiger partial charge in [-0.15, -0.1) is 0 Å². The average Bonchev–Trinajstić information content (AvgIpc) is 2.63. The number of anilines is 1. The fourth-order valence-corrected chi connectivity index (χ4v) is 3.04.